The third-order valence-electron chi connectivity index (χ3n) is 9.19. The van der Waals surface area contributed by atoms with Crippen molar-refractivity contribution in [2.75, 3.05) is 25.1 Å². The van der Waals surface area contributed by atoms with Crippen LogP contribution in [0.25, 0.3) is 6.08 Å². The van der Waals surface area contributed by atoms with Gasteiger partial charge in [-0.25, -0.2) is 4.98 Å². The Morgan fingerprint density at radius 2 is 1.91 bits per heavy atom. The summed E-state index contributed by atoms with van der Waals surface area (Å²) in [5.41, 5.74) is 5.39. The standard InChI is InChI=1S/C35H39N5O4/c1-23-29(25-10-4-2-5-11-25)19-32-35(43)40(23)12-6-3-7-13-44-14-8-9-24-15-30(33(37-20-24)38-22-41)26-16-27-17-28(34(42)39-32)21-36-31(27)18-26/h2,4-5,8-11,15,17,20-23,26,29,32H,3,6-7,12-14,16,18-19H2,1H3,(H,39,42)(H,37,38,41)/b9-8+. The maximum absolute atomic E-state index is 13.8. The Morgan fingerprint density at radius 3 is 2.75 bits per heavy atom. The van der Waals surface area contributed by atoms with E-state index in [1.54, 1.807) is 12.4 Å². The average Bonchev–Trinajstić information content (AvgIpc) is 3.47. The molecule has 2 aromatic heterocycles. The van der Waals surface area contributed by atoms with Crippen molar-refractivity contribution in [1.82, 2.24) is 20.2 Å². The molecule has 1 saturated heterocycles. The molecule has 44 heavy (non-hydrogen) atoms. The summed E-state index contributed by atoms with van der Waals surface area (Å²) in [6, 6.07) is 13.6. The van der Waals surface area contributed by atoms with Crippen molar-refractivity contribution in [2.45, 2.75) is 69.4 Å². The van der Waals surface area contributed by atoms with Crippen LogP contribution in [0.1, 0.15) is 82.7 Å². The second-order valence-electron chi connectivity index (χ2n) is 12.0. The number of benzene rings is 1. The second kappa shape index (κ2) is 13.5. The first kappa shape index (κ1) is 29.7. The van der Waals surface area contributed by atoms with Crippen LogP contribution >= 0.6 is 0 Å². The highest BCUT2D eigenvalue weighted by Crippen LogP contribution is 2.37. The zero-order valence-electron chi connectivity index (χ0n) is 25.1. The van der Waals surface area contributed by atoms with Gasteiger partial charge in [-0.2, -0.15) is 0 Å². The quantitative estimate of drug-likeness (QED) is 0.428. The molecule has 3 aliphatic rings. The number of amides is 3. The number of hydrogen-bond acceptors (Lipinski definition) is 6. The highest BCUT2D eigenvalue weighted by molar-refractivity contribution is 5.98. The molecule has 228 valence electrons. The molecule has 4 unspecified atom stereocenters. The van der Waals surface area contributed by atoms with Crippen LogP contribution in [-0.2, 0) is 27.2 Å². The van der Waals surface area contributed by atoms with Gasteiger partial charge in [-0.1, -0.05) is 42.5 Å². The predicted molar refractivity (Wildman–Crippen MR) is 168 cm³/mol. The van der Waals surface area contributed by atoms with E-state index < -0.39 is 6.04 Å². The van der Waals surface area contributed by atoms with Gasteiger partial charge in [-0.05, 0) is 85.8 Å². The Labute approximate surface area is 258 Å². The molecule has 2 aliphatic heterocycles. The van der Waals surface area contributed by atoms with Crippen molar-refractivity contribution in [1.29, 1.82) is 0 Å². The number of ether oxygens (including phenoxy) is 1. The molecule has 2 N–H and O–H groups in total. The first-order chi connectivity index (χ1) is 21.5. The van der Waals surface area contributed by atoms with Crippen molar-refractivity contribution in [3.8, 4) is 0 Å². The maximum atomic E-state index is 13.8. The number of rotatable bonds is 3. The van der Waals surface area contributed by atoms with E-state index in [4.69, 9.17) is 4.74 Å². The van der Waals surface area contributed by atoms with Crippen molar-refractivity contribution in [3.05, 3.63) is 94.4 Å². The number of pyridine rings is 2. The molecule has 1 aromatic carbocycles. The van der Waals surface area contributed by atoms with E-state index in [9.17, 15) is 14.4 Å². The molecule has 4 atom stereocenters. The fourth-order valence-electron chi connectivity index (χ4n) is 6.85. The molecule has 9 nitrogen and oxygen atoms in total. The Hall–Kier alpha value is -4.37. The molecule has 4 heterocycles. The summed E-state index contributed by atoms with van der Waals surface area (Å²) in [7, 11) is 0. The first-order valence-electron chi connectivity index (χ1n) is 15.6. The minimum atomic E-state index is -0.622. The summed E-state index contributed by atoms with van der Waals surface area (Å²) in [4.78, 5) is 49.9. The minimum Gasteiger partial charge on any atom is -0.377 e. The molecule has 9 heteroatoms. The van der Waals surface area contributed by atoms with Crippen LogP contribution in [0.4, 0.5) is 5.82 Å². The number of hydrogen-bond donors (Lipinski definition) is 2. The largest absolute Gasteiger partial charge is 0.377 e. The molecule has 0 spiro atoms. The topological polar surface area (TPSA) is 114 Å². The Morgan fingerprint density at radius 1 is 1.05 bits per heavy atom. The molecule has 3 aromatic rings. The zero-order chi connectivity index (χ0) is 30.5. The SMILES string of the molecule is CC1C(c2ccccc2)CC2NC(=O)c3cnc4c(c3)CC(C4)c3cc(cnc3NC=O)/C=C/COCCCCCN1C2=O. The van der Waals surface area contributed by atoms with Gasteiger partial charge in [-0.3, -0.25) is 19.4 Å². The van der Waals surface area contributed by atoms with Crippen molar-refractivity contribution >= 4 is 30.1 Å². The van der Waals surface area contributed by atoms with E-state index >= 15 is 0 Å². The third kappa shape index (κ3) is 6.43. The maximum Gasteiger partial charge on any atom is 0.253 e. The van der Waals surface area contributed by atoms with Crippen LogP contribution in [0.15, 0.2) is 60.9 Å². The smallest absolute Gasteiger partial charge is 0.253 e. The van der Waals surface area contributed by atoms with Crippen molar-refractivity contribution in [2.24, 2.45) is 0 Å². The van der Waals surface area contributed by atoms with Gasteiger partial charge in [-0.15, -0.1) is 0 Å². The number of anilines is 1. The monoisotopic (exact) mass is 593 g/mol. The highest BCUT2D eigenvalue weighted by Gasteiger charge is 2.40. The van der Waals surface area contributed by atoms with Crippen LogP contribution in [0.3, 0.4) is 0 Å². The van der Waals surface area contributed by atoms with E-state index in [0.29, 0.717) is 56.8 Å². The Bertz CT molecular complexity index is 1540. The molecule has 0 saturated carbocycles. The molecule has 1 fully saturated rings. The van der Waals surface area contributed by atoms with Gasteiger partial charge >= 0.3 is 0 Å². The van der Waals surface area contributed by atoms with Gasteiger partial charge in [0.05, 0.1) is 12.2 Å². The number of piperidine rings is 1. The van der Waals surface area contributed by atoms with Crippen LogP contribution in [0.2, 0.25) is 0 Å². The van der Waals surface area contributed by atoms with Crippen LogP contribution in [0, 0.1) is 0 Å². The molecular formula is C35H39N5O4. The van der Waals surface area contributed by atoms with E-state index in [1.165, 1.54) is 5.56 Å². The zero-order valence-corrected chi connectivity index (χ0v) is 25.1. The van der Waals surface area contributed by atoms with Crippen LogP contribution in [0.5, 0.6) is 0 Å². The van der Waals surface area contributed by atoms with Crippen molar-refractivity contribution in [3.63, 3.8) is 0 Å². The number of carbonyl (C=O) groups excluding carboxylic acids is 3. The molecule has 7 bridgehead atoms. The average molecular weight is 594 g/mol. The number of fused-ring (bicyclic) bond motifs is 7. The van der Waals surface area contributed by atoms with Crippen LogP contribution in [-0.4, -0.2) is 64.9 Å². The molecule has 1 aliphatic carbocycles. The summed E-state index contributed by atoms with van der Waals surface area (Å²) in [5.74, 6) is 0.367. The summed E-state index contributed by atoms with van der Waals surface area (Å²) in [6.45, 7) is 3.89. The lowest BCUT2D eigenvalue weighted by molar-refractivity contribution is -0.139. The Kier molecular flexibility index (Phi) is 9.12. The van der Waals surface area contributed by atoms with Gasteiger partial charge in [0.1, 0.15) is 11.9 Å². The second-order valence-corrected chi connectivity index (χ2v) is 12.0. The van der Waals surface area contributed by atoms with Gasteiger partial charge in [0.15, 0.2) is 0 Å². The summed E-state index contributed by atoms with van der Waals surface area (Å²) in [6.07, 6.45) is 12.5. The van der Waals surface area contributed by atoms with Crippen LogP contribution < -0.4 is 10.6 Å². The van der Waals surface area contributed by atoms with Gasteiger partial charge in [0, 0.05) is 43.2 Å². The highest BCUT2D eigenvalue weighted by atomic mass is 16.5. The van der Waals surface area contributed by atoms with Gasteiger partial charge < -0.3 is 20.3 Å². The normalized spacial score (nSPS) is 25.0. The fraction of sp³-hybridized carbons (Fsp3) is 0.400. The third-order valence-corrected chi connectivity index (χ3v) is 9.19. The lowest BCUT2D eigenvalue weighted by atomic mass is 9.81. The molecule has 6 rings (SSSR count). The minimum absolute atomic E-state index is 0.0220. The number of nitrogens with zero attached hydrogens (tertiary/aromatic N) is 3. The summed E-state index contributed by atoms with van der Waals surface area (Å²) >= 11 is 0. The lowest BCUT2D eigenvalue weighted by Crippen LogP contribution is -2.58. The summed E-state index contributed by atoms with van der Waals surface area (Å²) in [5, 5.41) is 5.82. The molecular weight excluding hydrogens is 554 g/mol. The fourth-order valence-corrected chi connectivity index (χ4v) is 6.85. The molecule has 0 radical (unpaired) electrons. The van der Waals surface area contributed by atoms with E-state index in [0.717, 1.165) is 41.6 Å². The van der Waals surface area contributed by atoms with Gasteiger partial charge in [0.25, 0.3) is 5.91 Å². The lowest BCUT2D eigenvalue weighted by Gasteiger charge is -2.43. The van der Waals surface area contributed by atoms with Gasteiger partial charge in [0.2, 0.25) is 12.3 Å². The van der Waals surface area contributed by atoms with Crippen molar-refractivity contribution < 1.29 is 19.1 Å². The number of carbonyl (C=O) groups is 3. The number of aromatic nitrogens is 2. The Balaban J connectivity index is 1.29. The number of nitrogens with one attached hydrogen (secondary N) is 2. The first-order valence-corrected chi connectivity index (χ1v) is 15.6. The van der Waals surface area contributed by atoms with E-state index in [2.05, 4.69) is 45.7 Å². The summed E-state index contributed by atoms with van der Waals surface area (Å²) < 4.78 is 5.85. The predicted octanol–water partition coefficient (Wildman–Crippen LogP) is 4.64. The van der Waals surface area contributed by atoms with E-state index in [1.807, 2.05) is 41.3 Å². The molecule has 3 amide bonds. The van der Waals surface area contributed by atoms with E-state index in [-0.39, 0.29) is 29.7 Å².